The van der Waals surface area contributed by atoms with Gasteiger partial charge in [-0.15, -0.1) is 0 Å². The summed E-state index contributed by atoms with van der Waals surface area (Å²) < 4.78 is 10.1. The van der Waals surface area contributed by atoms with Crippen LogP contribution in [0.1, 0.15) is 12.0 Å². The maximum Gasteiger partial charge on any atom is 0.328 e. The number of ether oxygens (including phenoxy) is 2. The molecular formula is C21H23NO4. The van der Waals surface area contributed by atoms with Crippen LogP contribution in [0.5, 0.6) is 0 Å². The van der Waals surface area contributed by atoms with Crippen LogP contribution >= 0.6 is 0 Å². The van der Waals surface area contributed by atoms with E-state index in [4.69, 9.17) is 9.47 Å². The van der Waals surface area contributed by atoms with Crippen molar-refractivity contribution in [2.24, 2.45) is 5.92 Å². The third-order valence-electron chi connectivity index (χ3n) is 4.60. The van der Waals surface area contributed by atoms with Crippen molar-refractivity contribution in [3.05, 3.63) is 60.2 Å². The van der Waals surface area contributed by atoms with Gasteiger partial charge in [-0.25, -0.2) is 4.79 Å². The predicted octanol–water partition coefficient (Wildman–Crippen LogP) is 2.59. The average Bonchev–Trinajstić information content (AvgIpc) is 3.23. The molecule has 0 spiro atoms. The summed E-state index contributed by atoms with van der Waals surface area (Å²) in [5, 5.41) is 2.81. The Hall–Kier alpha value is -2.66. The van der Waals surface area contributed by atoms with Crippen molar-refractivity contribution in [3.63, 3.8) is 0 Å². The third-order valence-corrected chi connectivity index (χ3v) is 4.60. The molecule has 0 aromatic heterocycles. The summed E-state index contributed by atoms with van der Waals surface area (Å²) >= 11 is 0. The van der Waals surface area contributed by atoms with Gasteiger partial charge in [-0.05, 0) is 23.1 Å². The summed E-state index contributed by atoms with van der Waals surface area (Å²) in [4.78, 5) is 24.4. The molecule has 0 radical (unpaired) electrons. The van der Waals surface area contributed by atoms with Crippen LogP contribution in [0.25, 0.3) is 11.1 Å². The van der Waals surface area contributed by atoms with Crippen molar-refractivity contribution in [3.8, 4) is 11.1 Å². The number of nitrogens with one attached hydrogen (secondary N) is 1. The van der Waals surface area contributed by atoms with Crippen molar-refractivity contribution in [1.29, 1.82) is 0 Å². The lowest BCUT2D eigenvalue weighted by Gasteiger charge is -2.18. The van der Waals surface area contributed by atoms with E-state index in [0.717, 1.165) is 16.7 Å². The topological polar surface area (TPSA) is 64.6 Å². The highest BCUT2D eigenvalue weighted by molar-refractivity contribution is 5.86. The van der Waals surface area contributed by atoms with Gasteiger partial charge in [0.05, 0.1) is 19.6 Å². The second-order valence-electron chi connectivity index (χ2n) is 6.41. The fourth-order valence-corrected chi connectivity index (χ4v) is 3.07. The molecule has 5 nitrogen and oxygen atoms in total. The van der Waals surface area contributed by atoms with Gasteiger partial charge in [0, 0.05) is 13.0 Å². The number of hydrogen-bond acceptors (Lipinski definition) is 4. The number of methoxy groups -OCH3 is 1. The molecule has 1 fully saturated rings. The highest BCUT2D eigenvalue weighted by Gasteiger charge is 2.28. The van der Waals surface area contributed by atoms with E-state index in [1.807, 2.05) is 42.5 Å². The number of amides is 1. The van der Waals surface area contributed by atoms with Crippen LogP contribution in [-0.4, -0.2) is 38.2 Å². The first-order chi connectivity index (χ1) is 12.7. The average molecular weight is 353 g/mol. The molecule has 2 aromatic rings. The zero-order valence-corrected chi connectivity index (χ0v) is 14.8. The van der Waals surface area contributed by atoms with Crippen molar-refractivity contribution in [1.82, 2.24) is 5.32 Å². The minimum absolute atomic E-state index is 0.154. The van der Waals surface area contributed by atoms with Crippen LogP contribution in [0.4, 0.5) is 0 Å². The Labute approximate surface area is 153 Å². The second kappa shape index (κ2) is 8.63. The van der Waals surface area contributed by atoms with Crippen LogP contribution in [0, 0.1) is 5.92 Å². The van der Waals surface area contributed by atoms with Crippen LogP contribution in [0.2, 0.25) is 0 Å². The highest BCUT2D eigenvalue weighted by atomic mass is 16.5. The SMILES string of the molecule is COC(=O)[C@@H](Cc1ccc(-c2ccccc2)cc1)NC(=O)[C@H]1CCOC1. The Balaban J connectivity index is 1.68. The maximum atomic E-state index is 12.3. The van der Waals surface area contributed by atoms with E-state index in [0.29, 0.717) is 26.1 Å². The van der Waals surface area contributed by atoms with E-state index in [1.165, 1.54) is 7.11 Å². The number of carbonyl (C=O) groups excluding carboxylic acids is 2. The minimum Gasteiger partial charge on any atom is -0.467 e. The van der Waals surface area contributed by atoms with Crippen LogP contribution < -0.4 is 5.32 Å². The first-order valence-electron chi connectivity index (χ1n) is 8.77. The molecule has 2 atom stereocenters. The molecule has 1 heterocycles. The quantitative estimate of drug-likeness (QED) is 0.811. The molecule has 2 aromatic carbocycles. The molecule has 0 unspecified atom stereocenters. The summed E-state index contributed by atoms with van der Waals surface area (Å²) in [6, 6.07) is 17.4. The first kappa shape index (κ1) is 18.1. The lowest BCUT2D eigenvalue weighted by Crippen LogP contribution is -2.45. The summed E-state index contributed by atoms with van der Waals surface area (Å²) in [5.74, 6) is -0.786. The molecule has 0 bridgehead atoms. The molecule has 1 amide bonds. The molecule has 0 saturated carbocycles. The summed E-state index contributed by atoms with van der Waals surface area (Å²) in [6.45, 7) is 0.993. The van der Waals surface area contributed by atoms with Gasteiger partial charge < -0.3 is 14.8 Å². The van der Waals surface area contributed by atoms with Crippen LogP contribution in [-0.2, 0) is 25.5 Å². The van der Waals surface area contributed by atoms with E-state index in [9.17, 15) is 9.59 Å². The summed E-state index contributed by atoms with van der Waals surface area (Å²) in [5.41, 5.74) is 3.21. The van der Waals surface area contributed by atoms with Gasteiger partial charge in [-0.1, -0.05) is 54.6 Å². The van der Waals surface area contributed by atoms with Crippen molar-refractivity contribution in [2.45, 2.75) is 18.9 Å². The van der Waals surface area contributed by atoms with Crippen molar-refractivity contribution < 1.29 is 19.1 Å². The van der Waals surface area contributed by atoms with Crippen LogP contribution in [0.3, 0.4) is 0 Å². The molecule has 1 N–H and O–H groups in total. The largest absolute Gasteiger partial charge is 0.467 e. The number of carbonyl (C=O) groups is 2. The van der Waals surface area contributed by atoms with Crippen molar-refractivity contribution >= 4 is 11.9 Å². The van der Waals surface area contributed by atoms with Crippen molar-refractivity contribution in [2.75, 3.05) is 20.3 Å². The molecule has 1 saturated heterocycles. The van der Waals surface area contributed by atoms with Gasteiger partial charge in [-0.3, -0.25) is 4.79 Å². The normalized spacial score (nSPS) is 17.5. The standard InChI is InChI=1S/C21H23NO4/c1-25-21(24)19(22-20(23)18-11-12-26-14-18)13-15-7-9-17(10-8-15)16-5-3-2-4-6-16/h2-10,18-19H,11-14H2,1H3,(H,22,23)/t18-,19+/m0/s1. The highest BCUT2D eigenvalue weighted by Crippen LogP contribution is 2.20. The lowest BCUT2D eigenvalue weighted by atomic mass is 10.00. The van der Waals surface area contributed by atoms with Gasteiger partial charge in [-0.2, -0.15) is 0 Å². The molecule has 3 rings (SSSR count). The molecule has 1 aliphatic heterocycles. The third kappa shape index (κ3) is 4.49. The Morgan fingerprint density at radius 1 is 1.12 bits per heavy atom. The van der Waals surface area contributed by atoms with Gasteiger partial charge in [0.25, 0.3) is 0 Å². The lowest BCUT2D eigenvalue weighted by molar-refractivity contribution is -0.145. The maximum absolute atomic E-state index is 12.3. The van der Waals surface area contributed by atoms with Gasteiger partial charge >= 0.3 is 5.97 Å². The van der Waals surface area contributed by atoms with E-state index >= 15 is 0 Å². The number of hydrogen-bond donors (Lipinski definition) is 1. The van der Waals surface area contributed by atoms with E-state index < -0.39 is 12.0 Å². The molecule has 1 aliphatic rings. The molecule has 136 valence electrons. The fourth-order valence-electron chi connectivity index (χ4n) is 3.07. The molecule has 26 heavy (non-hydrogen) atoms. The van der Waals surface area contributed by atoms with Gasteiger partial charge in [0.1, 0.15) is 6.04 Å². The second-order valence-corrected chi connectivity index (χ2v) is 6.41. The minimum atomic E-state index is -0.698. The monoisotopic (exact) mass is 353 g/mol. The Morgan fingerprint density at radius 2 is 1.81 bits per heavy atom. The summed E-state index contributed by atoms with van der Waals surface area (Å²) in [7, 11) is 1.33. The van der Waals surface area contributed by atoms with E-state index in [-0.39, 0.29) is 11.8 Å². The Bertz CT molecular complexity index is 736. The molecule has 5 heteroatoms. The Kier molecular flexibility index (Phi) is 6.02. The van der Waals surface area contributed by atoms with Crippen LogP contribution in [0.15, 0.2) is 54.6 Å². The van der Waals surface area contributed by atoms with Gasteiger partial charge in [0.15, 0.2) is 0 Å². The summed E-state index contributed by atoms with van der Waals surface area (Å²) in [6.07, 6.45) is 1.08. The smallest absolute Gasteiger partial charge is 0.328 e. The molecule has 0 aliphatic carbocycles. The number of esters is 1. The molecular weight excluding hydrogens is 330 g/mol. The zero-order valence-electron chi connectivity index (χ0n) is 14.8. The van der Waals surface area contributed by atoms with E-state index in [1.54, 1.807) is 0 Å². The number of rotatable bonds is 6. The Morgan fingerprint density at radius 3 is 2.42 bits per heavy atom. The number of benzene rings is 2. The predicted molar refractivity (Wildman–Crippen MR) is 98.5 cm³/mol. The van der Waals surface area contributed by atoms with Gasteiger partial charge in [0.2, 0.25) is 5.91 Å². The van der Waals surface area contributed by atoms with E-state index in [2.05, 4.69) is 17.4 Å². The zero-order chi connectivity index (χ0) is 18.4. The fraction of sp³-hybridized carbons (Fsp3) is 0.333. The first-order valence-corrected chi connectivity index (χ1v) is 8.77.